The van der Waals surface area contributed by atoms with E-state index in [0.29, 0.717) is 23.8 Å². The highest BCUT2D eigenvalue weighted by Crippen LogP contribution is 2.15. The highest BCUT2D eigenvalue weighted by molar-refractivity contribution is 5.72. The first-order chi connectivity index (χ1) is 8.13. The van der Waals surface area contributed by atoms with Gasteiger partial charge in [0.2, 0.25) is 11.8 Å². The second-order valence-electron chi connectivity index (χ2n) is 3.50. The topological polar surface area (TPSA) is 77.2 Å². The number of methoxy groups -OCH3 is 1. The maximum atomic E-state index is 10.6. The molecule has 0 radical (unpaired) electrons. The number of aromatic nitrogens is 1. The Labute approximate surface area is 101 Å². The number of amides is 1. The fraction of sp³-hybridized carbons (Fsp3) is 0.333. The van der Waals surface area contributed by atoms with E-state index in [1.807, 2.05) is 12.2 Å². The molecule has 0 atom stereocenters. The van der Waals surface area contributed by atoms with Crippen molar-refractivity contribution in [3.8, 4) is 5.88 Å². The Morgan fingerprint density at radius 1 is 1.59 bits per heavy atom. The van der Waals surface area contributed by atoms with E-state index in [1.165, 1.54) is 6.92 Å². The molecule has 0 saturated carbocycles. The monoisotopic (exact) mass is 235 g/mol. The zero-order valence-electron chi connectivity index (χ0n) is 10.1. The molecule has 5 heteroatoms. The van der Waals surface area contributed by atoms with Crippen LogP contribution >= 0.6 is 0 Å². The van der Waals surface area contributed by atoms with Crippen LogP contribution in [0.15, 0.2) is 18.2 Å². The first-order valence-electron chi connectivity index (χ1n) is 5.35. The van der Waals surface area contributed by atoms with Gasteiger partial charge >= 0.3 is 0 Å². The Kier molecular flexibility index (Phi) is 5.00. The summed E-state index contributed by atoms with van der Waals surface area (Å²) in [6.07, 6.45) is 4.46. The Bertz CT molecular complexity index is 416. The summed E-state index contributed by atoms with van der Waals surface area (Å²) in [4.78, 5) is 14.8. The molecule has 5 nitrogen and oxygen atoms in total. The number of nitrogens with two attached hydrogens (primary N) is 1. The van der Waals surface area contributed by atoms with Crippen LogP contribution in [0.25, 0.3) is 6.08 Å². The first kappa shape index (κ1) is 13.0. The Morgan fingerprint density at radius 3 is 3.00 bits per heavy atom. The highest BCUT2D eigenvalue weighted by atomic mass is 16.5. The van der Waals surface area contributed by atoms with Crippen LogP contribution in [0.2, 0.25) is 0 Å². The summed E-state index contributed by atoms with van der Waals surface area (Å²) < 4.78 is 5.01. The minimum Gasteiger partial charge on any atom is -0.481 e. The lowest BCUT2D eigenvalue weighted by atomic mass is 10.2. The van der Waals surface area contributed by atoms with Crippen LogP contribution in [0, 0.1) is 0 Å². The van der Waals surface area contributed by atoms with Gasteiger partial charge in [0.05, 0.1) is 18.5 Å². The van der Waals surface area contributed by atoms with Crippen LogP contribution in [0.4, 0.5) is 5.69 Å². The second kappa shape index (κ2) is 6.52. The number of hydrogen-bond acceptors (Lipinski definition) is 4. The zero-order valence-corrected chi connectivity index (χ0v) is 10.1. The number of nitrogens with one attached hydrogen (secondary N) is 1. The molecule has 92 valence electrons. The molecule has 3 N–H and O–H groups in total. The molecule has 17 heavy (non-hydrogen) atoms. The molecule has 1 heterocycles. The second-order valence-corrected chi connectivity index (χ2v) is 3.50. The lowest BCUT2D eigenvalue weighted by Gasteiger charge is -2.03. The van der Waals surface area contributed by atoms with Crippen molar-refractivity contribution < 1.29 is 9.53 Å². The van der Waals surface area contributed by atoms with E-state index in [4.69, 9.17) is 10.5 Å². The van der Waals surface area contributed by atoms with Crippen LogP contribution in [0.5, 0.6) is 5.88 Å². The number of rotatable bonds is 5. The molecular formula is C12H17N3O2. The van der Waals surface area contributed by atoms with Crippen LogP contribution in [0.1, 0.15) is 19.0 Å². The number of hydrogen-bond donors (Lipinski definition) is 2. The van der Waals surface area contributed by atoms with Gasteiger partial charge in [0.25, 0.3) is 0 Å². The van der Waals surface area contributed by atoms with Gasteiger partial charge in [0, 0.05) is 19.5 Å². The minimum atomic E-state index is -0.0302. The molecular weight excluding hydrogens is 218 g/mol. The van der Waals surface area contributed by atoms with Crippen LogP contribution in [0.3, 0.4) is 0 Å². The summed E-state index contributed by atoms with van der Waals surface area (Å²) in [6.45, 7) is 2.10. The van der Waals surface area contributed by atoms with Crippen molar-refractivity contribution in [1.29, 1.82) is 0 Å². The van der Waals surface area contributed by atoms with Crippen LogP contribution in [-0.2, 0) is 4.79 Å². The maximum Gasteiger partial charge on any atom is 0.216 e. The summed E-state index contributed by atoms with van der Waals surface area (Å²) in [5, 5.41) is 2.70. The van der Waals surface area contributed by atoms with Gasteiger partial charge in [-0.05, 0) is 18.6 Å². The van der Waals surface area contributed by atoms with E-state index in [2.05, 4.69) is 10.3 Å². The first-order valence-corrected chi connectivity index (χ1v) is 5.35. The number of ether oxygens (including phenoxy) is 1. The molecule has 0 bridgehead atoms. The third kappa shape index (κ3) is 4.55. The number of carbonyl (C=O) groups excluding carboxylic acids is 1. The third-order valence-corrected chi connectivity index (χ3v) is 2.10. The van der Waals surface area contributed by atoms with Gasteiger partial charge in [-0.3, -0.25) is 4.79 Å². The number of anilines is 1. The Balaban J connectivity index is 2.55. The van der Waals surface area contributed by atoms with E-state index in [1.54, 1.807) is 19.2 Å². The highest BCUT2D eigenvalue weighted by Gasteiger charge is 1.99. The summed E-state index contributed by atoms with van der Waals surface area (Å²) in [5.74, 6) is 0.498. The average molecular weight is 235 g/mol. The SMILES string of the molecule is COc1ccc(N)c(C=CCCNC(C)=O)n1. The normalized spacial score (nSPS) is 10.5. The number of nitrogen functional groups attached to an aromatic ring is 1. The van der Waals surface area contributed by atoms with E-state index in [0.717, 1.165) is 6.42 Å². The summed E-state index contributed by atoms with van der Waals surface area (Å²) in [7, 11) is 1.56. The Morgan fingerprint density at radius 2 is 2.35 bits per heavy atom. The van der Waals surface area contributed by atoms with Gasteiger partial charge in [0.1, 0.15) is 0 Å². The Hall–Kier alpha value is -2.04. The van der Waals surface area contributed by atoms with E-state index >= 15 is 0 Å². The molecule has 1 aromatic rings. The molecule has 1 aromatic heterocycles. The summed E-state index contributed by atoms with van der Waals surface area (Å²) in [5.41, 5.74) is 7.04. The quantitative estimate of drug-likeness (QED) is 0.752. The third-order valence-electron chi connectivity index (χ3n) is 2.10. The molecule has 0 aliphatic heterocycles. The number of pyridine rings is 1. The average Bonchev–Trinajstić information content (AvgIpc) is 2.30. The molecule has 0 unspecified atom stereocenters. The largest absolute Gasteiger partial charge is 0.481 e. The smallest absolute Gasteiger partial charge is 0.216 e. The van der Waals surface area contributed by atoms with Crippen molar-refractivity contribution in [1.82, 2.24) is 10.3 Å². The zero-order chi connectivity index (χ0) is 12.7. The van der Waals surface area contributed by atoms with Gasteiger partial charge in [-0.2, -0.15) is 0 Å². The minimum absolute atomic E-state index is 0.0302. The van der Waals surface area contributed by atoms with E-state index in [-0.39, 0.29) is 5.91 Å². The van der Waals surface area contributed by atoms with Crippen molar-refractivity contribution in [2.45, 2.75) is 13.3 Å². The molecule has 0 spiro atoms. The molecule has 0 aliphatic carbocycles. The number of carbonyl (C=O) groups is 1. The van der Waals surface area contributed by atoms with Crippen molar-refractivity contribution in [3.63, 3.8) is 0 Å². The van der Waals surface area contributed by atoms with E-state index < -0.39 is 0 Å². The van der Waals surface area contributed by atoms with Gasteiger partial charge < -0.3 is 15.8 Å². The molecule has 0 aliphatic rings. The van der Waals surface area contributed by atoms with Gasteiger partial charge in [0.15, 0.2) is 0 Å². The van der Waals surface area contributed by atoms with E-state index in [9.17, 15) is 4.79 Å². The lowest BCUT2D eigenvalue weighted by Crippen LogP contribution is -2.20. The van der Waals surface area contributed by atoms with Crippen LogP contribution < -0.4 is 15.8 Å². The summed E-state index contributed by atoms with van der Waals surface area (Å²) in [6, 6.07) is 3.46. The number of nitrogens with zero attached hydrogens (tertiary/aromatic N) is 1. The standard InChI is InChI=1S/C12H17N3O2/c1-9(16)14-8-4-3-5-11-10(13)6-7-12(15-11)17-2/h3,5-7H,4,8,13H2,1-2H3,(H,14,16). The van der Waals surface area contributed by atoms with Gasteiger partial charge in [-0.15, -0.1) is 0 Å². The maximum absolute atomic E-state index is 10.6. The van der Waals surface area contributed by atoms with Gasteiger partial charge in [-0.25, -0.2) is 4.98 Å². The predicted octanol–water partition coefficient (Wildman–Crippen LogP) is 1.21. The van der Waals surface area contributed by atoms with Gasteiger partial charge in [-0.1, -0.05) is 6.08 Å². The molecule has 1 rings (SSSR count). The lowest BCUT2D eigenvalue weighted by molar-refractivity contribution is -0.118. The molecule has 0 aromatic carbocycles. The van der Waals surface area contributed by atoms with Crippen LogP contribution in [-0.4, -0.2) is 24.5 Å². The fourth-order valence-corrected chi connectivity index (χ4v) is 1.24. The van der Waals surface area contributed by atoms with Crippen molar-refractivity contribution in [3.05, 3.63) is 23.9 Å². The fourth-order valence-electron chi connectivity index (χ4n) is 1.24. The van der Waals surface area contributed by atoms with Crippen molar-refractivity contribution >= 4 is 17.7 Å². The van der Waals surface area contributed by atoms with Crippen molar-refractivity contribution in [2.75, 3.05) is 19.4 Å². The predicted molar refractivity (Wildman–Crippen MR) is 67.5 cm³/mol. The molecule has 0 saturated heterocycles. The van der Waals surface area contributed by atoms with Crippen molar-refractivity contribution in [2.24, 2.45) is 0 Å². The molecule has 0 fully saturated rings. The summed E-state index contributed by atoms with van der Waals surface area (Å²) >= 11 is 0. The molecule has 1 amide bonds.